The standard InChI is InChI=1S/C13H24N2O3/c1-14-5-3-6-15(8-7-14)10-13(12(16)17)4-2-9-18-11-13/h2-11H2,1H3,(H,16,17). The Morgan fingerprint density at radius 1 is 1.28 bits per heavy atom. The Morgan fingerprint density at radius 2 is 2.11 bits per heavy atom. The van der Waals surface area contributed by atoms with Crippen LogP contribution in [0.4, 0.5) is 0 Å². The van der Waals surface area contributed by atoms with Crippen LogP contribution >= 0.6 is 0 Å². The summed E-state index contributed by atoms with van der Waals surface area (Å²) in [6.07, 6.45) is 2.72. The first-order chi connectivity index (χ1) is 8.62. The second-order valence-corrected chi connectivity index (χ2v) is 5.67. The molecule has 1 N–H and O–H groups in total. The molecule has 0 bridgehead atoms. The van der Waals surface area contributed by atoms with Crippen LogP contribution in [0.5, 0.6) is 0 Å². The van der Waals surface area contributed by atoms with Crippen LogP contribution in [0, 0.1) is 5.41 Å². The zero-order valence-corrected chi connectivity index (χ0v) is 11.2. The maximum Gasteiger partial charge on any atom is 0.313 e. The van der Waals surface area contributed by atoms with E-state index in [1.165, 1.54) is 0 Å². The van der Waals surface area contributed by atoms with Crippen LogP contribution in [0.25, 0.3) is 0 Å². The lowest BCUT2D eigenvalue weighted by atomic mass is 9.82. The van der Waals surface area contributed by atoms with Crippen LogP contribution in [0.3, 0.4) is 0 Å². The number of nitrogens with zero attached hydrogens (tertiary/aromatic N) is 2. The molecule has 0 aromatic heterocycles. The minimum absolute atomic E-state index is 0.370. The van der Waals surface area contributed by atoms with Crippen molar-refractivity contribution in [1.82, 2.24) is 9.80 Å². The van der Waals surface area contributed by atoms with Crippen LogP contribution in [0.2, 0.25) is 0 Å². The normalized spacial score (nSPS) is 32.1. The van der Waals surface area contributed by atoms with E-state index < -0.39 is 11.4 Å². The van der Waals surface area contributed by atoms with E-state index in [2.05, 4.69) is 16.8 Å². The van der Waals surface area contributed by atoms with E-state index in [-0.39, 0.29) is 0 Å². The van der Waals surface area contributed by atoms with Crippen molar-refractivity contribution in [2.45, 2.75) is 19.3 Å². The molecule has 5 nitrogen and oxygen atoms in total. The summed E-state index contributed by atoms with van der Waals surface area (Å²) in [5, 5.41) is 9.52. The van der Waals surface area contributed by atoms with Crippen molar-refractivity contribution in [2.24, 2.45) is 5.41 Å². The van der Waals surface area contributed by atoms with Gasteiger partial charge in [-0.05, 0) is 39.4 Å². The van der Waals surface area contributed by atoms with E-state index in [0.29, 0.717) is 19.8 Å². The summed E-state index contributed by atoms with van der Waals surface area (Å²) in [6, 6.07) is 0. The summed E-state index contributed by atoms with van der Waals surface area (Å²) < 4.78 is 5.42. The number of carboxylic acids is 1. The molecule has 2 aliphatic rings. The monoisotopic (exact) mass is 256 g/mol. The molecule has 2 fully saturated rings. The van der Waals surface area contributed by atoms with E-state index in [0.717, 1.165) is 45.4 Å². The Balaban J connectivity index is 1.97. The number of hydrogen-bond acceptors (Lipinski definition) is 4. The van der Waals surface area contributed by atoms with E-state index in [1.54, 1.807) is 0 Å². The molecule has 2 saturated heterocycles. The van der Waals surface area contributed by atoms with Gasteiger partial charge in [0.05, 0.1) is 6.61 Å². The van der Waals surface area contributed by atoms with Crippen molar-refractivity contribution in [2.75, 3.05) is 53.0 Å². The lowest BCUT2D eigenvalue weighted by Crippen LogP contribution is -2.49. The largest absolute Gasteiger partial charge is 0.481 e. The van der Waals surface area contributed by atoms with Gasteiger partial charge in [0.1, 0.15) is 5.41 Å². The fourth-order valence-electron chi connectivity index (χ4n) is 2.90. The van der Waals surface area contributed by atoms with Crippen LogP contribution < -0.4 is 0 Å². The maximum absolute atomic E-state index is 11.6. The van der Waals surface area contributed by atoms with Crippen molar-refractivity contribution >= 4 is 5.97 Å². The van der Waals surface area contributed by atoms with E-state index in [4.69, 9.17) is 4.74 Å². The van der Waals surface area contributed by atoms with Crippen molar-refractivity contribution in [1.29, 1.82) is 0 Å². The first-order valence-electron chi connectivity index (χ1n) is 6.84. The number of likely N-dealkylation sites (N-methyl/N-ethyl adjacent to an activating group) is 1. The van der Waals surface area contributed by atoms with Gasteiger partial charge >= 0.3 is 5.97 Å². The number of hydrogen-bond donors (Lipinski definition) is 1. The molecule has 104 valence electrons. The topological polar surface area (TPSA) is 53.0 Å². The lowest BCUT2D eigenvalue weighted by Gasteiger charge is -2.37. The average Bonchev–Trinajstić information content (AvgIpc) is 2.55. The van der Waals surface area contributed by atoms with Crippen molar-refractivity contribution in [3.63, 3.8) is 0 Å². The summed E-state index contributed by atoms with van der Waals surface area (Å²) in [4.78, 5) is 16.2. The SMILES string of the molecule is CN1CCCN(CC2(C(=O)O)CCCOC2)CC1. The first kappa shape index (κ1) is 13.8. The van der Waals surface area contributed by atoms with Gasteiger partial charge in [-0.25, -0.2) is 0 Å². The van der Waals surface area contributed by atoms with Gasteiger partial charge in [0.25, 0.3) is 0 Å². The zero-order valence-electron chi connectivity index (χ0n) is 11.2. The number of ether oxygens (including phenoxy) is 1. The van der Waals surface area contributed by atoms with E-state index >= 15 is 0 Å². The zero-order chi connectivity index (χ0) is 13.0. The molecule has 0 saturated carbocycles. The third kappa shape index (κ3) is 3.22. The van der Waals surface area contributed by atoms with Gasteiger partial charge < -0.3 is 19.6 Å². The first-order valence-corrected chi connectivity index (χ1v) is 6.84. The number of rotatable bonds is 3. The molecule has 0 spiro atoms. The second kappa shape index (κ2) is 5.99. The Labute approximate surface area is 109 Å². The maximum atomic E-state index is 11.6. The van der Waals surface area contributed by atoms with Crippen LogP contribution in [-0.2, 0) is 9.53 Å². The van der Waals surface area contributed by atoms with Gasteiger partial charge in [0, 0.05) is 26.2 Å². The van der Waals surface area contributed by atoms with Crippen molar-refractivity contribution in [3.8, 4) is 0 Å². The molecule has 2 heterocycles. The molecule has 2 aliphatic heterocycles. The summed E-state index contributed by atoms with van der Waals surface area (Å²) in [5.74, 6) is -0.695. The predicted molar refractivity (Wildman–Crippen MR) is 68.7 cm³/mol. The third-order valence-electron chi connectivity index (χ3n) is 4.11. The van der Waals surface area contributed by atoms with Crippen molar-refractivity contribution in [3.05, 3.63) is 0 Å². The number of carbonyl (C=O) groups is 1. The van der Waals surface area contributed by atoms with Gasteiger partial charge in [-0.3, -0.25) is 4.79 Å². The Kier molecular flexibility index (Phi) is 4.59. The molecule has 0 aromatic rings. The molecule has 2 rings (SSSR count). The van der Waals surface area contributed by atoms with Crippen LogP contribution in [0.1, 0.15) is 19.3 Å². The van der Waals surface area contributed by atoms with Gasteiger partial charge in [-0.2, -0.15) is 0 Å². The molecule has 1 atom stereocenters. The van der Waals surface area contributed by atoms with Crippen LogP contribution in [-0.4, -0.2) is 73.9 Å². The second-order valence-electron chi connectivity index (χ2n) is 5.67. The predicted octanol–water partition coefficient (Wildman–Crippen LogP) is 0.505. The number of aliphatic carboxylic acids is 1. The minimum Gasteiger partial charge on any atom is -0.481 e. The minimum atomic E-state index is -0.695. The molecule has 0 radical (unpaired) electrons. The summed E-state index contributed by atoms with van der Waals surface area (Å²) >= 11 is 0. The highest BCUT2D eigenvalue weighted by molar-refractivity contribution is 5.75. The van der Waals surface area contributed by atoms with Gasteiger partial charge in [0.2, 0.25) is 0 Å². The molecule has 0 aromatic carbocycles. The highest BCUT2D eigenvalue weighted by Gasteiger charge is 2.42. The summed E-state index contributed by atoms with van der Waals surface area (Å²) in [5.41, 5.74) is -0.679. The highest BCUT2D eigenvalue weighted by atomic mass is 16.5. The Hall–Kier alpha value is -0.650. The third-order valence-corrected chi connectivity index (χ3v) is 4.11. The smallest absolute Gasteiger partial charge is 0.313 e. The Bertz CT molecular complexity index is 290. The fourth-order valence-corrected chi connectivity index (χ4v) is 2.90. The molecule has 18 heavy (non-hydrogen) atoms. The Morgan fingerprint density at radius 3 is 2.78 bits per heavy atom. The fraction of sp³-hybridized carbons (Fsp3) is 0.923. The van der Waals surface area contributed by atoms with Gasteiger partial charge in [-0.15, -0.1) is 0 Å². The molecular weight excluding hydrogens is 232 g/mol. The van der Waals surface area contributed by atoms with E-state index in [9.17, 15) is 9.90 Å². The lowest BCUT2D eigenvalue weighted by molar-refractivity contribution is -0.159. The molecule has 0 aliphatic carbocycles. The average molecular weight is 256 g/mol. The molecule has 1 unspecified atom stereocenters. The van der Waals surface area contributed by atoms with Gasteiger partial charge in [0.15, 0.2) is 0 Å². The summed E-state index contributed by atoms with van der Waals surface area (Å²) in [7, 11) is 2.13. The van der Waals surface area contributed by atoms with E-state index in [1.807, 2.05) is 0 Å². The van der Waals surface area contributed by atoms with Crippen molar-refractivity contribution < 1.29 is 14.6 Å². The quantitative estimate of drug-likeness (QED) is 0.797. The number of carboxylic acid groups (broad SMARTS) is 1. The highest BCUT2D eigenvalue weighted by Crippen LogP contribution is 2.30. The van der Waals surface area contributed by atoms with Crippen LogP contribution in [0.15, 0.2) is 0 Å². The molecule has 5 heteroatoms. The van der Waals surface area contributed by atoms with Gasteiger partial charge in [-0.1, -0.05) is 0 Å². The summed E-state index contributed by atoms with van der Waals surface area (Å²) in [6.45, 7) is 5.80. The molecule has 0 amide bonds. The molecular formula is C13H24N2O3.